The fourth-order valence-corrected chi connectivity index (χ4v) is 2.93. The molecule has 0 saturated carbocycles. The molecule has 0 saturated heterocycles. The van der Waals surface area contributed by atoms with Gasteiger partial charge in [0.1, 0.15) is 0 Å². The van der Waals surface area contributed by atoms with Crippen molar-refractivity contribution in [2.24, 2.45) is 5.73 Å². The van der Waals surface area contributed by atoms with Gasteiger partial charge in [0.2, 0.25) is 0 Å². The minimum absolute atomic E-state index is 0.105. The fraction of sp³-hybridized carbons (Fsp3) is 0.333. The van der Waals surface area contributed by atoms with E-state index in [9.17, 15) is 4.79 Å². The van der Waals surface area contributed by atoms with Crippen molar-refractivity contribution in [3.63, 3.8) is 0 Å². The molecule has 2 rings (SSSR count). The van der Waals surface area contributed by atoms with Crippen LogP contribution < -0.4 is 11.3 Å². The molecule has 0 fully saturated rings. The summed E-state index contributed by atoms with van der Waals surface area (Å²) in [6.07, 6.45) is 0. The Morgan fingerprint density at radius 3 is 2.50 bits per heavy atom. The van der Waals surface area contributed by atoms with Crippen LogP contribution in [-0.4, -0.2) is 15.2 Å². The average Bonchev–Trinajstić information content (AvgIpc) is 2.37. The van der Waals surface area contributed by atoms with Gasteiger partial charge in [0, 0.05) is 23.1 Å². The number of hydrogen-bond donors (Lipinski definition) is 2. The lowest BCUT2D eigenvalue weighted by atomic mass is 10.0. The number of nitrogens with zero attached hydrogens (tertiary/aromatic N) is 1. The zero-order valence-corrected chi connectivity index (χ0v) is 12.7. The second-order valence-corrected chi connectivity index (χ2v) is 6.32. The van der Waals surface area contributed by atoms with Crippen molar-refractivity contribution in [3.05, 3.63) is 57.5 Å². The van der Waals surface area contributed by atoms with Gasteiger partial charge in [-0.1, -0.05) is 48.5 Å². The Labute approximate surface area is 122 Å². The third-order valence-electron chi connectivity index (χ3n) is 3.11. The second kappa shape index (κ2) is 6.24. The first kappa shape index (κ1) is 14.8. The summed E-state index contributed by atoms with van der Waals surface area (Å²) in [7, 11) is 0. The number of H-pyrrole nitrogens is 1. The van der Waals surface area contributed by atoms with E-state index in [1.165, 1.54) is 23.4 Å². The lowest BCUT2D eigenvalue weighted by molar-refractivity contribution is 0.710. The highest BCUT2D eigenvalue weighted by Gasteiger charge is 2.17. The van der Waals surface area contributed by atoms with Crippen molar-refractivity contribution < 1.29 is 0 Å². The van der Waals surface area contributed by atoms with E-state index in [0.29, 0.717) is 10.9 Å². The van der Waals surface area contributed by atoms with Crippen LogP contribution in [0.5, 0.6) is 0 Å². The number of hydrogen-bond acceptors (Lipinski definition) is 4. The molecule has 0 aliphatic rings. The Kier molecular flexibility index (Phi) is 4.62. The van der Waals surface area contributed by atoms with E-state index >= 15 is 0 Å². The third kappa shape index (κ3) is 3.71. The van der Waals surface area contributed by atoms with Crippen LogP contribution in [0.2, 0.25) is 0 Å². The minimum Gasteiger partial charge on any atom is -0.323 e. The number of thioether (sulfide) groups is 1. The van der Waals surface area contributed by atoms with Crippen molar-refractivity contribution in [2.75, 3.05) is 0 Å². The predicted molar refractivity (Wildman–Crippen MR) is 83.0 cm³/mol. The Hall–Kier alpha value is -1.59. The number of aromatic nitrogens is 2. The normalized spacial score (nSPS) is 14.0. The van der Waals surface area contributed by atoms with Crippen LogP contribution in [0.1, 0.15) is 29.8 Å². The standard InChI is InChI=1S/C15H19N3OS/c1-9-4-6-12(7-5-9)14(16)11(3)20-15-17-10(2)8-13(19)18-15/h4-8,11,14H,16H2,1-3H3,(H,17,18,19). The van der Waals surface area contributed by atoms with Crippen molar-refractivity contribution >= 4 is 11.8 Å². The molecule has 1 heterocycles. The molecule has 0 radical (unpaired) electrons. The zero-order chi connectivity index (χ0) is 14.7. The molecular formula is C15H19N3OS. The van der Waals surface area contributed by atoms with Gasteiger partial charge in [0.15, 0.2) is 5.16 Å². The van der Waals surface area contributed by atoms with E-state index < -0.39 is 0 Å². The Morgan fingerprint density at radius 2 is 1.90 bits per heavy atom. The molecule has 1 aromatic carbocycles. The van der Waals surface area contributed by atoms with Gasteiger partial charge in [0.25, 0.3) is 5.56 Å². The number of nitrogens with two attached hydrogens (primary N) is 1. The summed E-state index contributed by atoms with van der Waals surface area (Å²) in [5.74, 6) is 0. The maximum atomic E-state index is 11.4. The first-order valence-corrected chi connectivity index (χ1v) is 7.40. The summed E-state index contributed by atoms with van der Waals surface area (Å²) in [5.41, 5.74) is 9.16. The lowest BCUT2D eigenvalue weighted by Gasteiger charge is -2.19. The predicted octanol–water partition coefficient (Wildman–Crippen LogP) is 2.57. The van der Waals surface area contributed by atoms with Gasteiger partial charge < -0.3 is 10.7 Å². The van der Waals surface area contributed by atoms with Gasteiger partial charge >= 0.3 is 0 Å². The van der Waals surface area contributed by atoms with E-state index in [2.05, 4.69) is 29.0 Å². The van der Waals surface area contributed by atoms with E-state index in [4.69, 9.17) is 5.73 Å². The summed E-state index contributed by atoms with van der Waals surface area (Å²) in [4.78, 5) is 18.5. The molecule has 106 valence electrons. The number of aromatic amines is 1. The minimum atomic E-state index is -0.129. The molecule has 1 aromatic heterocycles. The quantitative estimate of drug-likeness (QED) is 0.670. The van der Waals surface area contributed by atoms with Crippen molar-refractivity contribution in [1.29, 1.82) is 0 Å². The van der Waals surface area contributed by atoms with Crippen LogP contribution in [0.15, 0.2) is 40.3 Å². The Morgan fingerprint density at radius 1 is 1.25 bits per heavy atom. The molecule has 2 atom stereocenters. The molecule has 4 nitrogen and oxygen atoms in total. The van der Waals surface area contributed by atoms with Crippen LogP contribution >= 0.6 is 11.8 Å². The molecule has 0 spiro atoms. The lowest BCUT2D eigenvalue weighted by Crippen LogP contribution is -2.22. The molecule has 0 amide bonds. The van der Waals surface area contributed by atoms with E-state index in [1.807, 2.05) is 26.0 Å². The van der Waals surface area contributed by atoms with Crippen LogP contribution in [0, 0.1) is 13.8 Å². The highest BCUT2D eigenvalue weighted by atomic mass is 32.2. The zero-order valence-electron chi connectivity index (χ0n) is 11.9. The van der Waals surface area contributed by atoms with Gasteiger partial charge in [-0.15, -0.1) is 0 Å². The van der Waals surface area contributed by atoms with E-state index in [0.717, 1.165) is 5.56 Å². The van der Waals surface area contributed by atoms with E-state index in [1.54, 1.807) is 0 Å². The molecule has 0 aliphatic heterocycles. The number of aryl methyl sites for hydroxylation is 2. The van der Waals surface area contributed by atoms with E-state index in [-0.39, 0.29) is 16.9 Å². The third-order valence-corrected chi connectivity index (χ3v) is 4.20. The highest BCUT2D eigenvalue weighted by molar-refractivity contribution is 7.99. The van der Waals surface area contributed by atoms with Crippen LogP contribution in [0.3, 0.4) is 0 Å². The first-order valence-electron chi connectivity index (χ1n) is 6.52. The van der Waals surface area contributed by atoms with Crippen molar-refractivity contribution in [1.82, 2.24) is 9.97 Å². The second-order valence-electron chi connectivity index (χ2n) is 4.95. The van der Waals surface area contributed by atoms with Gasteiger partial charge in [-0.3, -0.25) is 4.79 Å². The maximum Gasteiger partial charge on any atom is 0.251 e. The molecule has 0 aliphatic carbocycles. The van der Waals surface area contributed by atoms with Gasteiger partial charge in [-0.25, -0.2) is 4.98 Å². The molecule has 0 bridgehead atoms. The smallest absolute Gasteiger partial charge is 0.251 e. The largest absolute Gasteiger partial charge is 0.323 e. The SMILES string of the molecule is Cc1ccc(C(N)C(C)Sc2nc(C)cc(=O)[nH]2)cc1. The van der Waals surface area contributed by atoms with Crippen molar-refractivity contribution in [3.8, 4) is 0 Å². The van der Waals surface area contributed by atoms with Gasteiger partial charge in [-0.2, -0.15) is 0 Å². The summed E-state index contributed by atoms with van der Waals surface area (Å²) in [6, 6.07) is 9.58. The van der Waals surface area contributed by atoms with Gasteiger partial charge in [0.05, 0.1) is 0 Å². The first-order chi connectivity index (χ1) is 9.45. The molecule has 20 heavy (non-hydrogen) atoms. The van der Waals surface area contributed by atoms with Crippen molar-refractivity contribution in [2.45, 2.75) is 37.2 Å². The average molecular weight is 289 g/mol. The number of rotatable bonds is 4. The Bertz CT molecular complexity index is 636. The summed E-state index contributed by atoms with van der Waals surface area (Å²) >= 11 is 1.49. The maximum absolute atomic E-state index is 11.4. The molecule has 3 N–H and O–H groups in total. The monoisotopic (exact) mass is 289 g/mol. The molecule has 2 aromatic rings. The molecule has 2 unspecified atom stereocenters. The van der Waals surface area contributed by atoms with Crippen LogP contribution in [0.25, 0.3) is 0 Å². The summed E-state index contributed by atoms with van der Waals surface area (Å²) < 4.78 is 0. The topological polar surface area (TPSA) is 71.8 Å². The van der Waals surface area contributed by atoms with Gasteiger partial charge in [-0.05, 0) is 19.4 Å². The Balaban J connectivity index is 2.12. The summed E-state index contributed by atoms with van der Waals surface area (Å²) in [5, 5.41) is 0.729. The number of benzene rings is 1. The molecular weight excluding hydrogens is 270 g/mol. The van der Waals surface area contributed by atoms with Crippen LogP contribution in [0.4, 0.5) is 0 Å². The highest BCUT2D eigenvalue weighted by Crippen LogP contribution is 2.28. The number of nitrogens with one attached hydrogen (secondary N) is 1. The van der Waals surface area contributed by atoms with Crippen LogP contribution in [-0.2, 0) is 0 Å². The molecule has 5 heteroatoms. The summed E-state index contributed by atoms with van der Waals surface area (Å²) in [6.45, 7) is 5.90. The fourth-order valence-electron chi connectivity index (χ4n) is 1.92.